The second-order valence-electron chi connectivity index (χ2n) is 3.40. The molecule has 0 fully saturated rings. The summed E-state index contributed by atoms with van der Waals surface area (Å²) < 4.78 is 0. The fourth-order valence-electron chi connectivity index (χ4n) is 1.33. The Kier molecular flexibility index (Phi) is 4.15. The van der Waals surface area contributed by atoms with Crippen molar-refractivity contribution in [2.24, 2.45) is 0 Å². The lowest BCUT2D eigenvalue weighted by molar-refractivity contribution is 0.0336. The van der Waals surface area contributed by atoms with Crippen LogP contribution in [0.15, 0.2) is 18.2 Å². The van der Waals surface area contributed by atoms with E-state index < -0.39 is 12.2 Å². The molecule has 4 heteroatoms. The number of rotatable bonds is 3. The lowest BCUT2D eigenvalue weighted by atomic mass is 9.98. The molecule has 80 valence electrons. The third kappa shape index (κ3) is 2.72. The van der Waals surface area contributed by atoms with Gasteiger partial charge in [-0.2, -0.15) is 17.9 Å². The molecular weight excluding hydrogens is 210 g/mol. The van der Waals surface area contributed by atoms with Crippen LogP contribution in [0.5, 0.6) is 0 Å². The molecule has 0 heterocycles. The largest absolute Gasteiger partial charge is 0.389 e. The van der Waals surface area contributed by atoms with Gasteiger partial charge >= 0.3 is 0 Å². The average molecular weight is 223 g/mol. The van der Waals surface area contributed by atoms with E-state index in [-0.39, 0.29) is 5.75 Å². The van der Waals surface area contributed by atoms with Crippen molar-refractivity contribution in [2.45, 2.75) is 19.1 Å². The van der Waals surface area contributed by atoms with E-state index in [1.54, 1.807) is 18.2 Å². The molecule has 15 heavy (non-hydrogen) atoms. The van der Waals surface area contributed by atoms with Gasteiger partial charge in [0, 0.05) is 11.3 Å². The van der Waals surface area contributed by atoms with Crippen molar-refractivity contribution in [1.82, 2.24) is 0 Å². The average Bonchev–Trinajstić information content (AvgIpc) is 2.26. The van der Waals surface area contributed by atoms with Crippen LogP contribution < -0.4 is 0 Å². The number of aliphatic hydroxyl groups excluding tert-OH is 2. The smallest absolute Gasteiger partial charge is 0.107 e. The Hall–Kier alpha value is -1.02. The zero-order valence-corrected chi connectivity index (χ0v) is 9.28. The molecule has 0 amide bonds. The Bertz CT molecular complexity index is 387. The highest BCUT2D eigenvalue weighted by Gasteiger charge is 2.19. The Morgan fingerprint density at radius 3 is 2.67 bits per heavy atom. The van der Waals surface area contributed by atoms with Crippen molar-refractivity contribution in [3.05, 3.63) is 34.9 Å². The van der Waals surface area contributed by atoms with E-state index in [0.29, 0.717) is 11.1 Å². The van der Waals surface area contributed by atoms with Gasteiger partial charge in [0.1, 0.15) is 6.10 Å². The second kappa shape index (κ2) is 5.17. The highest BCUT2D eigenvalue weighted by atomic mass is 32.1. The van der Waals surface area contributed by atoms with Crippen LogP contribution in [0.3, 0.4) is 0 Å². The van der Waals surface area contributed by atoms with Crippen LogP contribution in [-0.2, 0) is 0 Å². The summed E-state index contributed by atoms with van der Waals surface area (Å²) in [7, 11) is 0. The molecule has 0 saturated heterocycles. The van der Waals surface area contributed by atoms with E-state index >= 15 is 0 Å². The molecule has 0 spiro atoms. The van der Waals surface area contributed by atoms with Gasteiger partial charge in [-0.05, 0) is 18.6 Å². The summed E-state index contributed by atoms with van der Waals surface area (Å²) >= 11 is 3.90. The van der Waals surface area contributed by atoms with Crippen LogP contribution in [0.4, 0.5) is 0 Å². The molecular formula is C11H13NO2S. The SMILES string of the molecule is Cc1ccc(C(O)C(O)CS)c(C#N)c1. The molecule has 1 aromatic rings. The molecule has 1 rings (SSSR count). The minimum atomic E-state index is -1.06. The summed E-state index contributed by atoms with van der Waals surface area (Å²) in [6.07, 6.45) is -2.01. The van der Waals surface area contributed by atoms with Crippen LogP contribution in [-0.4, -0.2) is 22.1 Å². The lowest BCUT2D eigenvalue weighted by Gasteiger charge is -2.17. The molecule has 0 aromatic heterocycles. The monoisotopic (exact) mass is 223 g/mol. The molecule has 0 aliphatic heterocycles. The van der Waals surface area contributed by atoms with Gasteiger partial charge in [-0.15, -0.1) is 0 Å². The maximum absolute atomic E-state index is 9.74. The lowest BCUT2D eigenvalue weighted by Crippen LogP contribution is -2.20. The van der Waals surface area contributed by atoms with Gasteiger partial charge in [0.2, 0.25) is 0 Å². The van der Waals surface area contributed by atoms with Gasteiger partial charge < -0.3 is 10.2 Å². The first-order valence-electron chi connectivity index (χ1n) is 4.57. The number of hydrogen-bond acceptors (Lipinski definition) is 4. The number of aliphatic hydroxyl groups is 2. The van der Waals surface area contributed by atoms with Crippen molar-refractivity contribution >= 4 is 12.6 Å². The van der Waals surface area contributed by atoms with Crippen LogP contribution in [0, 0.1) is 18.3 Å². The normalized spacial score (nSPS) is 14.3. The Labute approximate surface area is 94.4 Å². The highest BCUT2D eigenvalue weighted by Crippen LogP contribution is 2.22. The Morgan fingerprint density at radius 2 is 2.13 bits per heavy atom. The van der Waals surface area contributed by atoms with E-state index in [4.69, 9.17) is 5.26 Å². The first-order valence-corrected chi connectivity index (χ1v) is 5.21. The molecule has 2 atom stereocenters. The van der Waals surface area contributed by atoms with Crippen LogP contribution >= 0.6 is 12.6 Å². The number of aryl methyl sites for hydroxylation is 1. The van der Waals surface area contributed by atoms with E-state index in [9.17, 15) is 10.2 Å². The molecule has 2 N–H and O–H groups in total. The summed E-state index contributed by atoms with van der Waals surface area (Å²) in [4.78, 5) is 0. The van der Waals surface area contributed by atoms with Gasteiger partial charge in [0.05, 0.1) is 17.7 Å². The molecule has 0 saturated carbocycles. The minimum absolute atomic E-state index is 0.153. The molecule has 2 unspecified atom stereocenters. The maximum Gasteiger partial charge on any atom is 0.107 e. The number of thiol groups is 1. The molecule has 1 aromatic carbocycles. The highest BCUT2D eigenvalue weighted by molar-refractivity contribution is 7.80. The topological polar surface area (TPSA) is 64.2 Å². The molecule has 0 aliphatic rings. The van der Waals surface area contributed by atoms with Crippen LogP contribution in [0.1, 0.15) is 22.8 Å². The number of hydrogen-bond donors (Lipinski definition) is 3. The molecule has 3 nitrogen and oxygen atoms in total. The maximum atomic E-state index is 9.74. The second-order valence-corrected chi connectivity index (χ2v) is 3.76. The van der Waals surface area contributed by atoms with Crippen molar-refractivity contribution in [3.63, 3.8) is 0 Å². The van der Waals surface area contributed by atoms with Gasteiger partial charge in [0.25, 0.3) is 0 Å². The van der Waals surface area contributed by atoms with Gasteiger partial charge in [-0.1, -0.05) is 12.1 Å². The van der Waals surface area contributed by atoms with Crippen LogP contribution in [0.2, 0.25) is 0 Å². The van der Waals surface area contributed by atoms with Crippen LogP contribution in [0.25, 0.3) is 0 Å². The predicted molar refractivity (Wildman–Crippen MR) is 60.7 cm³/mol. The van der Waals surface area contributed by atoms with Gasteiger partial charge in [0.15, 0.2) is 0 Å². The Balaban J connectivity index is 3.09. The summed E-state index contributed by atoms with van der Waals surface area (Å²) in [5.74, 6) is 0.153. The predicted octanol–water partition coefficient (Wildman–Crippen LogP) is 1.19. The van der Waals surface area contributed by atoms with E-state index in [1.807, 2.05) is 13.0 Å². The quantitative estimate of drug-likeness (QED) is 0.674. The number of nitrogens with zero attached hydrogens (tertiary/aromatic N) is 1. The third-order valence-corrected chi connectivity index (χ3v) is 2.57. The van der Waals surface area contributed by atoms with Crippen molar-refractivity contribution < 1.29 is 10.2 Å². The summed E-state index contributed by atoms with van der Waals surface area (Å²) in [6, 6.07) is 7.14. The summed E-state index contributed by atoms with van der Waals surface area (Å²) in [5, 5.41) is 28.1. The number of nitriles is 1. The first kappa shape index (κ1) is 12.1. The molecule has 0 radical (unpaired) electrons. The van der Waals surface area contributed by atoms with Crippen molar-refractivity contribution in [3.8, 4) is 6.07 Å². The molecule has 0 aliphatic carbocycles. The zero-order valence-electron chi connectivity index (χ0n) is 8.38. The van der Waals surface area contributed by atoms with Crippen molar-refractivity contribution in [1.29, 1.82) is 5.26 Å². The first-order chi connectivity index (χ1) is 7.10. The standard InChI is InChI=1S/C11H13NO2S/c1-7-2-3-9(8(4-7)5-12)11(14)10(13)6-15/h2-4,10-11,13-15H,6H2,1H3. The van der Waals surface area contributed by atoms with E-state index in [1.165, 1.54) is 0 Å². The third-order valence-electron chi connectivity index (χ3n) is 2.20. The Morgan fingerprint density at radius 1 is 1.47 bits per heavy atom. The molecule has 0 bridgehead atoms. The summed E-state index contributed by atoms with van der Waals surface area (Å²) in [6.45, 7) is 1.87. The fraction of sp³-hybridized carbons (Fsp3) is 0.364. The van der Waals surface area contributed by atoms with Gasteiger partial charge in [-0.25, -0.2) is 0 Å². The minimum Gasteiger partial charge on any atom is -0.389 e. The van der Waals surface area contributed by atoms with Crippen molar-refractivity contribution in [2.75, 3.05) is 5.75 Å². The zero-order chi connectivity index (χ0) is 11.4. The summed E-state index contributed by atoms with van der Waals surface area (Å²) in [5.41, 5.74) is 1.79. The fourth-order valence-corrected chi connectivity index (χ4v) is 1.53. The van der Waals surface area contributed by atoms with Gasteiger partial charge in [-0.3, -0.25) is 0 Å². The van der Waals surface area contributed by atoms with E-state index in [2.05, 4.69) is 12.6 Å². The van der Waals surface area contributed by atoms with E-state index in [0.717, 1.165) is 5.56 Å². The number of benzene rings is 1.